The lowest BCUT2D eigenvalue weighted by molar-refractivity contribution is 0.0943. The quantitative estimate of drug-likeness (QED) is 0.691. The van der Waals surface area contributed by atoms with E-state index >= 15 is 0 Å². The summed E-state index contributed by atoms with van der Waals surface area (Å²) in [5.74, 6) is -0.538. The molecule has 1 saturated carbocycles. The monoisotopic (exact) mass is 389 g/mol. The van der Waals surface area contributed by atoms with Crippen LogP contribution in [0, 0.1) is 5.82 Å². The summed E-state index contributed by atoms with van der Waals surface area (Å²) in [6.07, 6.45) is 1.97. The molecule has 3 aromatic rings. The molecule has 1 N–H and O–H groups in total. The predicted octanol–water partition coefficient (Wildman–Crippen LogP) is 4.88. The summed E-state index contributed by atoms with van der Waals surface area (Å²) in [4.78, 5) is 12.6. The molecule has 0 bridgehead atoms. The number of hydrogen-bond acceptors (Lipinski definition) is 2. The first kappa shape index (κ1) is 17.1. The highest BCUT2D eigenvalue weighted by molar-refractivity contribution is 6.42. The van der Waals surface area contributed by atoms with Crippen LogP contribution in [0.2, 0.25) is 10.0 Å². The van der Waals surface area contributed by atoms with Crippen LogP contribution in [0.3, 0.4) is 0 Å². The maximum absolute atomic E-state index is 13.2. The van der Waals surface area contributed by atoms with Gasteiger partial charge in [-0.05, 0) is 61.4 Å². The van der Waals surface area contributed by atoms with Crippen molar-refractivity contribution in [1.29, 1.82) is 0 Å². The third-order valence-corrected chi connectivity index (χ3v) is 4.88. The van der Waals surface area contributed by atoms with Gasteiger partial charge in [-0.3, -0.25) is 4.79 Å². The number of carbonyl (C=O) groups excluding carboxylic acids is 1. The third kappa shape index (κ3) is 3.45. The lowest BCUT2D eigenvalue weighted by Crippen LogP contribution is -2.27. The van der Waals surface area contributed by atoms with Crippen LogP contribution in [0.4, 0.5) is 4.39 Å². The number of hydrogen-bond donors (Lipinski definition) is 1. The predicted molar refractivity (Wildman–Crippen MR) is 99.5 cm³/mol. The average Bonchev–Trinajstić information content (AvgIpc) is 3.32. The smallest absolute Gasteiger partial charge is 0.270 e. The van der Waals surface area contributed by atoms with Gasteiger partial charge in [0.2, 0.25) is 0 Å². The lowest BCUT2D eigenvalue weighted by atomic mass is 10.1. The van der Waals surface area contributed by atoms with Crippen LogP contribution in [-0.2, 0) is 0 Å². The van der Waals surface area contributed by atoms with Crippen LogP contribution < -0.4 is 5.32 Å². The van der Waals surface area contributed by atoms with Gasteiger partial charge in [-0.15, -0.1) is 0 Å². The fraction of sp³-hybridized carbons (Fsp3) is 0.158. The topological polar surface area (TPSA) is 46.9 Å². The molecule has 2 aromatic carbocycles. The molecule has 1 heterocycles. The molecule has 4 rings (SSSR count). The second-order valence-electron chi connectivity index (χ2n) is 6.18. The van der Waals surface area contributed by atoms with Crippen LogP contribution in [0.1, 0.15) is 23.3 Å². The minimum atomic E-state index is -0.329. The minimum absolute atomic E-state index is 0.209. The van der Waals surface area contributed by atoms with E-state index in [0.717, 1.165) is 12.8 Å². The average molecular weight is 390 g/mol. The Balaban J connectivity index is 1.80. The fourth-order valence-corrected chi connectivity index (χ4v) is 2.90. The van der Waals surface area contributed by atoms with Crippen molar-refractivity contribution in [2.75, 3.05) is 0 Å². The first-order chi connectivity index (χ1) is 12.5. The van der Waals surface area contributed by atoms with Gasteiger partial charge in [0.25, 0.3) is 5.91 Å². The number of aromatic nitrogens is 2. The first-order valence-electron chi connectivity index (χ1n) is 8.13. The van der Waals surface area contributed by atoms with Crippen LogP contribution in [0.25, 0.3) is 16.9 Å². The molecule has 0 unspecified atom stereocenters. The van der Waals surface area contributed by atoms with E-state index < -0.39 is 0 Å². The molecule has 0 aliphatic heterocycles. The van der Waals surface area contributed by atoms with Gasteiger partial charge in [0, 0.05) is 11.6 Å². The normalized spacial score (nSPS) is 13.7. The van der Waals surface area contributed by atoms with Gasteiger partial charge in [-0.2, -0.15) is 5.10 Å². The number of amides is 1. The van der Waals surface area contributed by atoms with Crippen LogP contribution in [-0.4, -0.2) is 21.7 Å². The van der Waals surface area contributed by atoms with E-state index in [4.69, 9.17) is 23.2 Å². The van der Waals surface area contributed by atoms with Gasteiger partial charge in [-0.1, -0.05) is 23.2 Å². The number of nitrogens with one attached hydrogen (secondary N) is 1. The lowest BCUT2D eigenvalue weighted by Gasteiger charge is -2.08. The first-order valence-corrected chi connectivity index (χ1v) is 8.89. The highest BCUT2D eigenvalue weighted by Gasteiger charge is 2.26. The van der Waals surface area contributed by atoms with Crippen molar-refractivity contribution < 1.29 is 9.18 Å². The Hall–Kier alpha value is -2.37. The zero-order chi connectivity index (χ0) is 18.3. The molecule has 1 amide bonds. The molecule has 1 aromatic heterocycles. The molecule has 1 aliphatic carbocycles. The van der Waals surface area contributed by atoms with Gasteiger partial charge >= 0.3 is 0 Å². The van der Waals surface area contributed by atoms with Crippen LogP contribution >= 0.6 is 23.2 Å². The molecule has 0 spiro atoms. The van der Waals surface area contributed by atoms with E-state index in [-0.39, 0.29) is 17.8 Å². The zero-order valence-corrected chi connectivity index (χ0v) is 15.1. The van der Waals surface area contributed by atoms with Gasteiger partial charge in [0.1, 0.15) is 11.5 Å². The Bertz CT molecular complexity index is 981. The zero-order valence-electron chi connectivity index (χ0n) is 13.5. The van der Waals surface area contributed by atoms with Gasteiger partial charge in [-0.25, -0.2) is 9.07 Å². The highest BCUT2D eigenvalue weighted by atomic mass is 35.5. The fourth-order valence-electron chi connectivity index (χ4n) is 2.61. The van der Waals surface area contributed by atoms with Crippen molar-refractivity contribution in [3.63, 3.8) is 0 Å². The van der Waals surface area contributed by atoms with E-state index in [1.165, 1.54) is 16.8 Å². The summed E-state index contributed by atoms with van der Waals surface area (Å²) in [5, 5.41) is 8.29. The molecule has 4 nitrogen and oxygen atoms in total. The van der Waals surface area contributed by atoms with Crippen molar-refractivity contribution in [3.05, 3.63) is 70.1 Å². The Morgan fingerprint density at radius 1 is 1.08 bits per heavy atom. The van der Waals surface area contributed by atoms with Crippen molar-refractivity contribution >= 4 is 29.1 Å². The van der Waals surface area contributed by atoms with Crippen LogP contribution in [0.5, 0.6) is 0 Å². The molecule has 0 radical (unpaired) electrons. The van der Waals surface area contributed by atoms with Gasteiger partial charge < -0.3 is 5.32 Å². The summed E-state index contributed by atoms with van der Waals surface area (Å²) >= 11 is 12.1. The Kier molecular flexibility index (Phi) is 4.42. The maximum Gasteiger partial charge on any atom is 0.270 e. The molecule has 0 atom stereocenters. The van der Waals surface area contributed by atoms with E-state index in [1.807, 2.05) is 0 Å². The van der Waals surface area contributed by atoms with Crippen molar-refractivity contribution in [3.8, 4) is 16.9 Å². The molecular formula is C19H14Cl2FN3O. The third-order valence-electron chi connectivity index (χ3n) is 4.14. The number of halogens is 3. The standard InChI is InChI=1S/C19H14Cl2FN3O/c20-15-8-7-14(9-16(15)21)25-18(19(26)23-13-5-6-13)10-17(24-25)11-1-3-12(22)4-2-11/h1-4,7-10,13H,5-6H2,(H,23,26). The van der Waals surface area contributed by atoms with Crippen molar-refractivity contribution in [2.45, 2.75) is 18.9 Å². The highest BCUT2D eigenvalue weighted by Crippen LogP contribution is 2.28. The summed E-state index contributed by atoms with van der Waals surface area (Å²) in [5.41, 5.74) is 2.28. The molecule has 7 heteroatoms. The van der Waals surface area contributed by atoms with Crippen molar-refractivity contribution in [1.82, 2.24) is 15.1 Å². The van der Waals surface area contributed by atoms with E-state index in [1.54, 1.807) is 36.4 Å². The second kappa shape index (κ2) is 6.74. The van der Waals surface area contributed by atoms with E-state index in [0.29, 0.717) is 32.7 Å². The largest absolute Gasteiger partial charge is 0.348 e. The second-order valence-corrected chi connectivity index (χ2v) is 6.99. The van der Waals surface area contributed by atoms with Crippen LogP contribution in [0.15, 0.2) is 48.5 Å². The minimum Gasteiger partial charge on any atom is -0.348 e. The number of benzene rings is 2. The SMILES string of the molecule is O=C(NC1CC1)c1cc(-c2ccc(F)cc2)nn1-c1ccc(Cl)c(Cl)c1. The molecule has 26 heavy (non-hydrogen) atoms. The summed E-state index contributed by atoms with van der Waals surface area (Å²) in [7, 11) is 0. The molecular weight excluding hydrogens is 376 g/mol. The summed E-state index contributed by atoms with van der Waals surface area (Å²) in [6.45, 7) is 0. The Labute approximate surface area is 159 Å². The summed E-state index contributed by atoms with van der Waals surface area (Å²) < 4.78 is 14.7. The number of nitrogens with zero attached hydrogens (tertiary/aromatic N) is 2. The van der Waals surface area contributed by atoms with Crippen molar-refractivity contribution in [2.24, 2.45) is 0 Å². The maximum atomic E-state index is 13.2. The van der Waals surface area contributed by atoms with Gasteiger partial charge in [0.15, 0.2) is 0 Å². The molecule has 132 valence electrons. The molecule has 0 saturated heterocycles. The molecule has 1 fully saturated rings. The Morgan fingerprint density at radius 3 is 2.46 bits per heavy atom. The Morgan fingerprint density at radius 2 is 1.81 bits per heavy atom. The van der Waals surface area contributed by atoms with E-state index in [9.17, 15) is 9.18 Å². The number of carbonyl (C=O) groups is 1. The molecule has 1 aliphatic rings. The van der Waals surface area contributed by atoms with E-state index in [2.05, 4.69) is 10.4 Å². The number of rotatable bonds is 4. The van der Waals surface area contributed by atoms with Gasteiger partial charge in [0.05, 0.1) is 21.4 Å². The summed E-state index contributed by atoms with van der Waals surface area (Å²) in [6, 6.07) is 12.9.